The molecule has 2 amide bonds. The third kappa shape index (κ3) is 3.42. The highest BCUT2D eigenvalue weighted by Gasteiger charge is 2.50. The number of rotatable bonds is 4. The van der Waals surface area contributed by atoms with Crippen molar-refractivity contribution in [2.45, 2.75) is 52.0 Å². The Bertz CT molecular complexity index is 903. The summed E-state index contributed by atoms with van der Waals surface area (Å²) in [6, 6.07) is 0.249. The van der Waals surface area contributed by atoms with E-state index in [-0.39, 0.29) is 23.3 Å². The molecule has 2 aromatic heterocycles. The Morgan fingerprint density at radius 3 is 2.52 bits per heavy atom. The fourth-order valence-electron chi connectivity index (χ4n) is 4.65. The van der Waals surface area contributed by atoms with Crippen molar-refractivity contribution in [3.05, 3.63) is 28.9 Å². The van der Waals surface area contributed by atoms with Crippen molar-refractivity contribution in [2.75, 3.05) is 27.2 Å². The first-order valence-corrected chi connectivity index (χ1v) is 10.1. The fraction of sp³-hybridized carbons (Fsp3) is 0.650. The highest BCUT2D eigenvalue weighted by molar-refractivity contribution is 5.91. The van der Waals surface area contributed by atoms with Crippen molar-refractivity contribution in [1.29, 1.82) is 0 Å². The van der Waals surface area contributed by atoms with E-state index in [4.69, 9.17) is 4.52 Å². The van der Waals surface area contributed by atoms with Crippen molar-refractivity contribution in [3.63, 3.8) is 0 Å². The summed E-state index contributed by atoms with van der Waals surface area (Å²) < 4.78 is 7.04. The van der Waals surface area contributed by atoms with E-state index >= 15 is 0 Å². The summed E-state index contributed by atoms with van der Waals surface area (Å²) in [5.74, 6) is 0.715. The van der Waals surface area contributed by atoms with E-state index in [1.807, 2.05) is 23.4 Å². The van der Waals surface area contributed by atoms with Gasteiger partial charge in [-0.15, -0.1) is 5.10 Å². The number of hydrogen-bond donors (Lipinski definition) is 0. The first-order chi connectivity index (χ1) is 13.8. The van der Waals surface area contributed by atoms with Crippen molar-refractivity contribution < 1.29 is 14.1 Å². The van der Waals surface area contributed by atoms with Crippen LogP contribution in [0.15, 0.2) is 10.7 Å². The van der Waals surface area contributed by atoms with E-state index in [0.717, 1.165) is 55.8 Å². The van der Waals surface area contributed by atoms with Gasteiger partial charge in [-0.1, -0.05) is 10.4 Å². The summed E-state index contributed by atoms with van der Waals surface area (Å²) in [5, 5.41) is 12.2. The molecule has 29 heavy (non-hydrogen) atoms. The van der Waals surface area contributed by atoms with Gasteiger partial charge in [0, 0.05) is 32.7 Å². The second-order valence-electron chi connectivity index (χ2n) is 8.56. The molecule has 156 valence electrons. The van der Waals surface area contributed by atoms with Crippen LogP contribution in [0.25, 0.3) is 0 Å². The normalized spacial score (nSPS) is 20.6. The number of piperidine rings is 1. The van der Waals surface area contributed by atoms with Gasteiger partial charge in [0.1, 0.15) is 5.76 Å². The number of likely N-dealkylation sites (tertiary alicyclic amines) is 1. The molecule has 0 aromatic carbocycles. The third-order valence-corrected chi connectivity index (χ3v) is 6.70. The predicted octanol–water partition coefficient (Wildman–Crippen LogP) is 1.77. The Morgan fingerprint density at radius 1 is 1.24 bits per heavy atom. The van der Waals surface area contributed by atoms with Gasteiger partial charge >= 0.3 is 0 Å². The molecule has 1 unspecified atom stereocenters. The molecule has 1 aliphatic heterocycles. The van der Waals surface area contributed by atoms with E-state index in [9.17, 15) is 9.59 Å². The number of nitrogens with zero attached hydrogens (tertiary/aromatic N) is 6. The first kappa shape index (κ1) is 19.6. The van der Waals surface area contributed by atoms with Crippen LogP contribution in [-0.4, -0.2) is 68.9 Å². The highest BCUT2D eigenvalue weighted by Crippen LogP contribution is 2.56. The Balaban J connectivity index is 1.39. The maximum Gasteiger partial charge on any atom is 0.275 e. The highest BCUT2D eigenvalue weighted by atomic mass is 16.5. The second kappa shape index (κ2) is 7.27. The van der Waals surface area contributed by atoms with Crippen LogP contribution in [0.2, 0.25) is 0 Å². The van der Waals surface area contributed by atoms with Crippen LogP contribution in [0.1, 0.15) is 59.2 Å². The fourth-order valence-corrected chi connectivity index (χ4v) is 4.65. The lowest BCUT2D eigenvalue weighted by molar-refractivity contribution is -0.135. The summed E-state index contributed by atoms with van der Waals surface area (Å²) in [4.78, 5) is 28.3. The largest absolute Gasteiger partial charge is 0.361 e. The molecular formula is C20H28N6O3. The molecule has 2 fully saturated rings. The summed E-state index contributed by atoms with van der Waals surface area (Å²) in [6.07, 6.45) is 6.16. The lowest BCUT2D eigenvalue weighted by Crippen LogP contribution is -2.51. The van der Waals surface area contributed by atoms with Crippen LogP contribution in [0, 0.1) is 19.3 Å². The molecule has 2 aromatic rings. The molecule has 3 heterocycles. The van der Waals surface area contributed by atoms with Crippen molar-refractivity contribution >= 4 is 11.8 Å². The van der Waals surface area contributed by atoms with Crippen LogP contribution in [0.4, 0.5) is 0 Å². The molecule has 1 saturated carbocycles. The van der Waals surface area contributed by atoms with E-state index in [1.165, 1.54) is 4.90 Å². The summed E-state index contributed by atoms with van der Waals surface area (Å²) in [5.41, 5.74) is 2.21. The number of carbonyl (C=O) groups excluding carboxylic acids is 2. The molecule has 1 aliphatic carbocycles. The Labute approximate surface area is 170 Å². The van der Waals surface area contributed by atoms with Gasteiger partial charge in [0.2, 0.25) is 5.91 Å². The van der Waals surface area contributed by atoms with Gasteiger partial charge in [0.05, 0.1) is 24.4 Å². The molecule has 9 heteroatoms. The maximum absolute atomic E-state index is 12.8. The average Bonchev–Trinajstić information content (AvgIpc) is 3.28. The van der Waals surface area contributed by atoms with Crippen molar-refractivity contribution in [2.24, 2.45) is 5.41 Å². The predicted molar refractivity (Wildman–Crippen MR) is 104 cm³/mol. The number of carbonyl (C=O) groups is 2. The van der Waals surface area contributed by atoms with Crippen LogP contribution < -0.4 is 0 Å². The van der Waals surface area contributed by atoms with Gasteiger partial charge < -0.3 is 14.3 Å². The van der Waals surface area contributed by atoms with Crippen molar-refractivity contribution in [3.8, 4) is 0 Å². The number of aryl methyl sites for hydroxylation is 2. The minimum Gasteiger partial charge on any atom is -0.361 e. The molecule has 2 aliphatic rings. The average molecular weight is 400 g/mol. The van der Waals surface area contributed by atoms with Gasteiger partial charge in [0.15, 0.2) is 5.69 Å². The molecular weight excluding hydrogens is 372 g/mol. The van der Waals surface area contributed by atoms with E-state index in [2.05, 4.69) is 15.5 Å². The van der Waals surface area contributed by atoms with Gasteiger partial charge in [-0.3, -0.25) is 9.59 Å². The molecule has 1 atom stereocenters. The van der Waals surface area contributed by atoms with Gasteiger partial charge in [0.25, 0.3) is 5.91 Å². The van der Waals surface area contributed by atoms with Crippen LogP contribution in [-0.2, 0) is 11.2 Å². The minimum absolute atomic E-state index is 0.129. The zero-order valence-electron chi connectivity index (χ0n) is 17.5. The van der Waals surface area contributed by atoms with E-state index in [0.29, 0.717) is 12.1 Å². The summed E-state index contributed by atoms with van der Waals surface area (Å²) in [6.45, 7) is 5.21. The molecule has 0 radical (unpaired) electrons. The van der Waals surface area contributed by atoms with Crippen molar-refractivity contribution in [1.82, 2.24) is 30.0 Å². The second-order valence-corrected chi connectivity index (χ2v) is 8.56. The Morgan fingerprint density at radius 2 is 1.97 bits per heavy atom. The van der Waals surface area contributed by atoms with Crippen LogP contribution >= 0.6 is 0 Å². The minimum atomic E-state index is -0.135. The molecule has 0 N–H and O–H groups in total. The van der Waals surface area contributed by atoms with E-state index < -0.39 is 0 Å². The molecule has 9 nitrogen and oxygen atoms in total. The molecule has 1 spiro atoms. The number of amides is 2. The number of hydrogen-bond acceptors (Lipinski definition) is 6. The lowest BCUT2D eigenvalue weighted by Gasteiger charge is -2.53. The smallest absolute Gasteiger partial charge is 0.275 e. The van der Waals surface area contributed by atoms with Crippen LogP contribution in [0.3, 0.4) is 0 Å². The molecule has 0 bridgehead atoms. The molecule has 4 rings (SSSR count). The Hall–Kier alpha value is -2.71. The zero-order chi connectivity index (χ0) is 20.8. The monoisotopic (exact) mass is 400 g/mol. The number of aromatic nitrogens is 4. The molecule has 1 saturated heterocycles. The van der Waals surface area contributed by atoms with Crippen LogP contribution in [0.5, 0.6) is 0 Å². The lowest BCUT2D eigenvalue weighted by atomic mass is 9.59. The maximum atomic E-state index is 12.8. The quantitative estimate of drug-likeness (QED) is 0.776. The Kier molecular flexibility index (Phi) is 4.92. The summed E-state index contributed by atoms with van der Waals surface area (Å²) >= 11 is 0. The zero-order valence-corrected chi connectivity index (χ0v) is 17.5. The summed E-state index contributed by atoms with van der Waals surface area (Å²) in [7, 11) is 3.42. The first-order valence-electron chi connectivity index (χ1n) is 10.1. The van der Waals surface area contributed by atoms with E-state index in [1.54, 1.807) is 20.3 Å². The SMILES string of the molecule is Cc1noc(C)c1CC(=O)N1CCC2(CCC2n2cc(C(=O)N(C)C)nn2)CC1. The topological polar surface area (TPSA) is 97.4 Å². The van der Waals surface area contributed by atoms with Gasteiger partial charge in [-0.2, -0.15) is 0 Å². The van der Waals surface area contributed by atoms with Gasteiger partial charge in [-0.25, -0.2) is 4.68 Å². The standard InChI is InChI=1S/C20H28N6O3/c1-13-15(14(2)29-22-13)11-18(27)25-9-7-20(8-10-25)6-5-17(20)26-12-16(21-23-26)19(28)24(3)4/h12,17H,5-11H2,1-4H3. The third-order valence-electron chi connectivity index (χ3n) is 6.70. The van der Waals surface area contributed by atoms with Gasteiger partial charge in [-0.05, 0) is 44.9 Å².